The zero-order chi connectivity index (χ0) is 61.6. The van der Waals surface area contributed by atoms with Gasteiger partial charge in [0.05, 0.1) is 13.2 Å². The van der Waals surface area contributed by atoms with Gasteiger partial charge in [0, 0.05) is 19.4 Å². The van der Waals surface area contributed by atoms with E-state index < -0.39 is 26.5 Å². The molecule has 9 nitrogen and oxygen atoms in total. The largest absolute Gasteiger partial charge is 0.472 e. The van der Waals surface area contributed by atoms with Crippen LogP contribution >= 0.6 is 7.82 Å². The molecule has 494 valence electrons. The van der Waals surface area contributed by atoms with Gasteiger partial charge in [-0.15, -0.1) is 0 Å². The highest BCUT2D eigenvalue weighted by Gasteiger charge is 2.26. The molecule has 2 unspecified atom stereocenters. The molecule has 0 aromatic heterocycles. The summed E-state index contributed by atoms with van der Waals surface area (Å²) in [5, 5.41) is 0. The van der Waals surface area contributed by atoms with Crippen LogP contribution in [0.25, 0.3) is 0 Å². The van der Waals surface area contributed by atoms with Crippen molar-refractivity contribution in [3.63, 3.8) is 0 Å². The van der Waals surface area contributed by atoms with Crippen LogP contribution in [0.4, 0.5) is 0 Å². The zero-order valence-corrected chi connectivity index (χ0v) is 56.5. The third kappa shape index (κ3) is 70.2. The molecule has 0 aromatic rings. The van der Waals surface area contributed by atoms with Crippen molar-refractivity contribution in [2.45, 2.75) is 354 Å². The molecule has 0 amide bonds. The van der Waals surface area contributed by atoms with E-state index in [1.807, 2.05) is 0 Å². The van der Waals surface area contributed by atoms with Crippen LogP contribution in [0, 0.1) is 0 Å². The number of rotatable bonds is 68. The van der Waals surface area contributed by atoms with Crippen LogP contribution in [-0.2, 0) is 32.7 Å². The van der Waals surface area contributed by atoms with Gasteiger partial charge < -0.3 is 20.1 Å². The summed E-state index contributed by atoms with van der Waals surface area (Å²) in [5.41, 5.74) is 5.40. The van der Waals surface area contributed by atoms with Crippen LogP contribution in [0.3, 0.4) is 0 Å². The van der Waals surface area contributed by atoms with Gasteiger partial charge in [-0.3, -0.25) is 18.6 Å². The first-order chi connectivity index (χ1) is 41.8. The summed E-state index contributed by atoms with van der Waals surface area (Å²) in [7, 11) is -4.40. The summed E-state index contributed by atoms with van der Waals surface area (Å²) in [6, 6.07) is 0. The minimum atomic E-state index is -4.40. The fourth-order valence-corrected chi connectivity index (χ4v) is 11.2. The molecule has 0 aromatic carbocycles. The van der Waals surface area contributed by atoms with Gasteiger partial charge in [0.1, 0.15) is 6.61 Å². The monoisotopic (exact) mass is 1210 g/mol. The molecule has 2 atom stereocenters. The van der Waals surface area contributed by atoms with E-state index in [0.717, 1.165) is 83.5 Å². The van der Waals surface area contributed by atoms with E-state index in [9.17, 15) is 19.0 Å². The number of allylic oxidation sites excluding steroid dienone is 14. The maximum atomic E-state index is 12.7. The number of carbonyl (C=O) groups excluding carboxylic acids is 2. The van der Waals surface area contributed by atoms with Crippen LogP contribution < -0.4 is 5.73 Å². The lowest BCUT2D eigenvalue weighted by atomic mass is 10.0. The minimum absolute atomic E-state index is 0.0462. The van der Waals surface area contributed by atoms with Gasteiger partial charge in [0.2, 0.25) is 0 Å². The van der Waals surface area contributed by atoms with E-state index in [0.29, 0.717) is 6.42 Å². The maximum Gasteiger partial charge on any atom is 0.472 e. The predicted octanol–water partition coefficient (Wildman–Crippen LogP) is 23.8. The third-order valence-corrected chi connectivity index (χ3v) is 16.7. The Balaban J connectivity index is 3.79. The predicted molar refractivity (Wildman–Crippen MR) is 367 cm³/mol. The number of phosphoric ester groups is 1. The number of hydrogen-bond acceptors (Lipinski definition) is 8. The average molecular weight is 1210 g/mol. The van der Waals surface area contributed by atoms with Gasteiger partial charge in [-0.25, -0.2) is 4.57 Å². The van der Waals surface area contributed by atoms with Crippen LogP contribution in [-0.4, -0.2) is 49.3 Å². The molecule has 0 radical (unpaired) electrons. The van der Waals surface area contributed by atoms with Gasteiger partial charge >= 0.3 is 19.8 Å². The van der Waals surface area contributed by atoms with Crippen LogP contribution in [0.5, 0.6) is 0 Å². The molecule has 10 heteroatoms. The summed E-state index contributed by atoms with van der Waals surface area (Å²) < 4.78 is 33.1. The highest BCUT2D eigenvalue weighted by molar-refractivity contribution is 7.47. The quantitative estimate of drug-likeness (QED) is 0.0264. The minimum Gasteiger partial charge on any atom is -0.462 e. The van der Waals surface area contributed by atoms with Crippen LogP contribution in [0.15, 0.2) is 85.1 Å². The molecule has 0 saturated carbocycles. The molecule has 0 aliphatic rings. The molecular formula is C75H136NO8P. The Kier molecular flexibility index (Phi) is 68.0. The summed E-state index contributed by atoms with van der Waals surface area (Å²) in [4.78, 5) is 35.3. The Morgan fingerprint density at radius 3 is 0.976 bits per heavy atom. The first-order valence-corrected chi connectivity index (χ1v) is 37.6. The fourth-order valence-electron chi connectivity index (χ4n) is 10.5. The number of carbonyl (C=O) groups is 2. The highest BCUT2D eigenvalue weighted by atomic mass is 31.2. The van der Waals surface area contributed by atoms with Gasteiger partial charge in [0.25, 0.3) is 0 Å². The molecular weight excluding hydrogens is 1070 g/mol. The van der Waals surface area contributed by atoms with Crippen molar-refractivity contribution in [1.29, 1.82) is 0 Å². The van der Waals surface area contributed by atoms with E-state index in [2.05, 4.69) is 98.9 Å². The molecule has 0 aliphatic heterocycles. The third-order valence-electron chi connectivity index (χ3n) is 15.8. The molecule has 0 rings (SSSR count). The Morgan fingerprint density at radius 1 is 0.365 bits per heavy atom. The van der Waals surface area contributed by atoms with Crippen molar-refractivity contribution in [3.05, 3.63) is 85.1 Å². The van der Waals surface area contributed by atoms with Crippen molar-refractivity contribution in [2.75, 3.05) is 26.4 Å². The second-order valence-corrected chi connectivity index (χ2v) is 25.5. The summed E-state index contributed by atoms with van der Waals surface area (Å²) in [5.74, 6) is -0.848. The smallest absolute Gasteiger partial charge is 0.462 e. The first kappa shape index (κ1) is 82.2. The summed E-state index contributed by atoms with van der Waals surface area (Å²) >= 11 is 0. The maximum absolute atomic E-state index is 12.7. The molecule has 0 bridgehead atoms. The lowest BCUT2D eigenvalue weighted by molar-refractivity contribution is -0.161. The number of unbranched alkanes of at least 4 members (excludes halogenated alkanes) is 41. The lowest BCUT2D eigenvalue weighted by Gasteiger charge is -2.19. The lowest BCUT2D eigenvalue weighted by Crippen LogP contribution is -2.29. The number of ether oxygens (including phenoxy) is 2. The summed E-state index contributed by atoms with van der Waals surface area (Å²) in [6.45, 7) is 3.63. The molecule has 85 heavy (non-hydrogen) atoms. The SMILES string of the molecule is CC/C=C\C/C=C\C/C=C\C/C=C\C/C=C\C/C=C\CCCCCCC(=O)OC(COC(=O)CCCCCCCCCCCCCCCCCCCCCCCCCCCCCCC/C=C\CCCCCCCCCC)COP(=O)(O)OCCN. The zero-order valence-electron chi connectivity index (χ0n) is 55.6. The molecule has 0 spiro atoms. The topological polar surface area (TPSA) is 134 Å². The van der Waals surface area contributed by atoms with Crippen molar-refractivity contribution in [2.24, 2.45) is 5.73 Å². The van der Waals surface area contributed by atoms with Crippen molar-refractivity contribution < 1.29 is 37.6 Å². The molecule has 0 fully saturated rings. The Hall–Kier alpha value is -2.81. The Bertz CT molecular complexity index is 1670. The fraction of sp³-hybridized carbons (Fsp3) is 0.787. The van der Waals surface area contributed by atoms with E-state index in [1.54, 1.807) is 0 Å². The van der Waals surface area contributed by atoms with Gasteiger partial charge in [-0.05, 0) is 89.9 Å². The van der Waals surface area contributed by atoms with Crippen molar-refractivity contribution in [1.82, 2.24) is 0 Å². The molecule has 0 aliphatic carbocycles. The number of phosphoric acid groups is 1. The van der Waals surface area contributed by atoms with Crippen molar-refractivity contribution >= 4 is 19.8 Å². The normalized spacial score (nSPS) is 13.4. The van der Waals surface area contributed by atoms with E-state index in [1.165, 1.54) is 231 Å². The van der Waals surface area contributed by atoms with Gasteiger partial charge in [-0.1, -0.05) is 330 Å². The highest BCUT2D eigenvalue weighted by Crippen LogP contribution is 2.43. The molecule has 0 saturated heterocycles. The van der Waals surface area contributed by atoms with Gasteiger partial charge in [-0.2, -0.15) is 0 Å². The van der Waals surface area contributed by atoms with E-state index >= 15 is 0 Å². The van der Waals surface area contributed by atoms with E-state index in [-0.39, 0.29) is 38.6 Å². The standard InChI is InChI=1S/C75H136NO8P/c1-3-5-7-9-11-13-15-17-19-21-23-25-27-28-29-30-31-32-33-34-35-36-37-38-39-40-41-42-43-44-46-47-49-51-53-55-57-59-61-63-65-67-74(77)81-71-73(72-83-85(79,80)82-70-69-76)84-75(78)68-66-64-62-60-58-56-54-52-50-48-45-26-24-22-20-18-16-14-12-10-8-6-4-2/h6,8,12,14,18,20-21,23-24,26,48,50,54,56,73H,3-5,7,9-11,13,15-17,19,22,25,27-47,49,51-53,55,57-72,76H2,1-2H3,(H,79,80)/b8-6-,14-12-,20-18-,23-21-,26-24-,50-48-,56-54-. The van der Waals surface area contributed by atoms with Crippen molar-refractivity contribution in [3.8, 4) is 0 Å². The second kappa shape index (κ2) is 70.3. The van der Waals surface area contributed by atoms with E-state index in [4.69, 9.17) is 24.3 Å². The van der Waals surface area contributed by atoms with Crippen LogP contribution in [0.2, 0.25) is 0 Å². The molecule has 3 N–H and O–H groups in total. The summed E-state index contributed by atoms with van der Waals surface area (Å²) in [6.07, 6.45) is 94.3. The number of esters is 2. The van der Waals surface area contributed by atoms with Crippen LogP contribution in [0.1, 0.15) is 348 Å². The first-order valence-electron chi connectivity index (χ1n) is 36.1. The van der Waals surface area contributed by atoms with Gasteiger partial charge in [0.15, 0.2) is 6.10 Å². The number of nitrogens with two attached hydrogens (primary N) is 1. The average Bonchev–Trinajstić information content (AvgIpc) is 3.52. The Morgan fingerprint density at radius 2 is 0.647 bits per heavy atom. The second-order valence-electron chi connectivity index (χ2n) is 24.1. The molecule has 0 heterocycles. The number of hydrogen-bond donors (Lipinski definition) is 2. The Labute approximate surface area is 525 Å².